The lowest BCUT2D eigenvalue weighted by atomic mass is 9.67. The van der Waals surface area contributed by atoms with Gasteiger partial charge in [-0.3, -0.25) is 14.5 Å². The van der Waals surface area contributed by atoms with Crippen LogP contribution in [0.2, 0.25) is 0 Å². The highest BCUT2D eigenvalue weighted by Gasteiger charge is 2.48. The Labute approximate surface area is 278 Å². The van der Waals surface area contributed by atoms with E-state index in [1.165, 1.54) is 0 Å². The number of aliphatic hydroxyl groups is 1. The van der Waals surface area contributed by atoms with Gasteiger partial charge in [0.1, 0.15) is 12.0 Å². The molecular formula is C39H46N4O4. The van der Waals surface area contributed by atoms with Crippen molar-refractivity contribution in [2.24, 2.45) is 5.92 Å². The summed E-state index contributed by atoms with van der Waals surface area (Å²) in [6.07, 6.45) is 1.76. The van der Waals surface area contributed by atoms with Crippen molar-refractivity contribution in [3.8, 4) is 0 Å². The van der Waals surface area contributed by atoms with Crippen LogP contribution >= 0.6 is 0 Å². The van der Waals surface area contributed by atoms with Gasteiger partial charge < -0.3 is 20.2 Å². The van der Waals surface area contributed by atoms with Crippen molar-refractivity contribution in [1.82, 2.24) is 20.0 Å². The largest absolute Gasteiger partial charge is 0.391 e. The molecule has 0 spiro atoms. The Morgan fingerprint density at radius 3 is 2.04 bits per heavy atom. The zero-order valence-electron chi connectivity index (χ0n) is 27.3. The quantitative estimate of drug-likeness (QED) is 0.259. The van der Waals surface area contributed by atoms with Gasteiger partial charge in [0.15, 0.2) is 0 Å². The number of hydrogen-bond acceptors (Lipinski definition) is 6. The molecule has 1 unspecified atom stereocenters. The van der Waals surface area contributed by atoms with Crippen molar-refractivity contribution >= 4 is 17.8 Å². The van der Waals surface area contributed by atoms with Crippen molar-refractivity contribution in [3.63, 3.8) is 0 Å². The second kappa shape index (κ2) is 14.8. The lowest BCUT2D eigenvalue weighted by molar-refractivity contribution is -0.139. The first kappa shape index (κ1) is 32.9. The first-order valence-electron chi connectivity index (χ1n) is 17.1. The third-order valence-corrected chi connectivity index (χ3v) is 10.5. The van der Waals surface area contributed by atoms with E-state index in [1.54, 1.807) is 4.90 Å². The highest BCUT2D eigenvalue weighted by Crippen LogP contribution is 2.43. The van der Waals surface area contributed by atoms with E-state index >= 15 is 0 Å². The third-order valence-electron chi connectivity index (χ3n) is 10.5. The molecule has 3 aliphatic heterocycles. The Kier molecular flexibility index (Phi) is 10.3. The molecule has 0 aromatic heterocycles. The van der Waals surface area contributed by atoms with Gasteiger partial charge >= 0.3 is 0 Å². The predicted molar refractivity (Wildman–Crippen MR) is 182 cm³/mol. The number of amides is 2. The van der Waals surface area contributed by atoms with E-state index in [1.807, 2.05) is 59.5 Å². The molecule has 246 valence electrons. The molecule has 3 aromatic rings. The van der Waals surface area contributed by atoms with Crippen LogP contribution in [0, 0.1) is 5.92 Å². The van der Waals surface area contributed by atoms with Gasteiger partial charge in [0.05, 0.1) is 17.7 Å². The second-order valence-corrected chi connectivity index (χ2v) is 13.3. The fraction of sp³-hybridized carbons (Fsp3) is 0.436. The maximum Gasteiger partial charge on any atom is 0.242 e. The molecule has 0 bridgehead atoms. The van der Waals surface area contributed by atoms with Gasteiger partial charge in [-0.15, -0.1) is 0 Å². The van der Waals surface area contributed by atoms with E-state index in [9.17, 15) is 19.5 Å². The molecule has 0 saturated carbocycles. The Morgan fingerprint density at radius 1 is 0.894 bits per heavy atom. The molecular weight excluding hydrogens is 588 g/mol. The predicted octanol–water partition coefficient (Wildman–Crippen LogP) is 4.01. The smallest absolute Gasteiger partial charge is 0.242 e. The third kappa shape index (κ3) is 6.83. The number of benzene rings is 3. The molecule has 0 aliphatic carbocycles. The van der Waals surface area contributed by atoms with Crippen molar-refractivity contribution in [2.45, 2.75) is 62.8 Å². The summed E-state index contributed by atoms with van der Waals surface area (Å²) in [7, 11) is 0. The number of likely N-dealkylation sites (tertiary alicyclic amines) is 3. The van der Waals surface area contributed by atoms with Crippen LogP contribution in [0.1, 0.15) is 55.7 Å². The monoisotopic (exact) mass is 634 g/mol. The van der Waals surface area contributed by atoms with Crippen LogP contribution in [0.25, 0.3) is 0 Å². The summed E-state index contributed by atoms with van der Waals surface area (Å²) in [6, 6.07) is 29.5. The second-order valence-electron chi connectivity index (χ2n) is 13.3. The minimum atomic E-state index is -0.814. The summed E-state index contributed by atoms with van der Waals surface area (Å²) in [5, 5.41) is 14.1. The van der Waals surface area contributed by atoms with Crippen LogP contribution in [0.5, 0.6) is 0 Å². The fourth-order valence-electron chi connectivity index (χ4n) is 8.08. The summed E-state index contributed by atoms with van der Waals surface area (Å²) < 4.78 is 0. The van der Waals surface area contributed by atoms with E-state index in [-0.39, 0.29) is 24.8 Å². The Morgan fingerprint density at radius 2 is 1.49 bits per heavy atom. The number of nitrogens with one attached hydrogen (secondary N) is 1. The van der Waals surface area contributed by atoms with E-state index in [0.29, 0.717) is 37.4 Å². The molecule has 8 nitrogen and oxygen atoms in total. The minimum Gasteiger partial charge on any atom is -0.391 e. The van der Waals surface area contributed by atoms with Gasteiger partial charge in [-0.25, -0.2) is 4.79 Å². The number of rotatable bonds is 10. The average Bonchev–Trinajstić information content (AvgIpc) is 3.74. The van der Waals surface area contributed by atoms with Crippen molar-refractivity contribution in [2.75, 3.05) is 39.3 Å². The van der Waals surface area contributed by atoms with Crippen molar-refractivity contribution < 1.29 is 19.5 Å². The number of β-amino-alcohol motifs (C(OH)–C–C–N with tert-alkyl or cyclic N) is 1. The molecule has 0 radical (unpaired) electrons. The maximum absolute atomic E-state index is 14.7. The number of nitrogens with zero attached hydrogens (tertiary/aromatic N) is 3. The number of piperidine rings is 1. The van der Waals surface area contributed by atoms with Gasteiger partial charge in [-0.1, -0.05) is 97.9 Å². The lowest BCUT2D eigenvalue weighted by Gasteiger charge is -2.40. The Balaban J connectivity index is 1.29. The van der Waals surface area contributed by atoms with Crippen LogP contribution in [0.15, 0.2) is 96.6 Å². The molecule has 3 heterocycles. The van der Waals surface area contributed by atoms with Crippen molar-refractivity contribution in [3.05, 3.63) is 113 Å². The molecule has 4 atom stereocenters. The molecule has 8 heteroatoms. The first-order chi connectivity index (χ1) is 22.9. The Bertz CT molecular complexity index is 1460. The van der Waals surface area contributed by atoms with Crippen LogP contribution in [0.4, 0.5) is 0 Å². The molecule has 3 aliphatic rings. The van der Waals surface area contributed by atoms with Crippen LogP contribution < -0.4 is 5.32 Å². The van der Waals surface area contributed by atoms with E-state index in [4.69, 9.17) is 0 Å². The Hall–Kier alpha value is -4.07. The van der Waals surface area contributed by atoms with Crippen molar-refractivity contribution in [1.29, 1.82) is 0 Å². The average molecular weight is 635 g/mol. The van der Waals surface area contributed by atoms with Gasteiger partial charge in [0.25, 0.3) is 0 Å². The van der Waals surface area contributed by atoms with Crippen LogP contribution in [-0.2, 0) is 19.8 Å². The molecule has 3 fully saturated rings. The van der Waals surface area contributed by atoms with Gasteiger partial charge in [0, 0.05) is 44.6 Å². The number of carbonyl (C=O) groups excluding carboxylic acids is 3. The lowest BCUT2D eigenvalue weighted by Crippen LogP contribution is -2.55. The number of carbonyl (C=O) groups is 2. The topological polar surface area (TPSA) is 93.2 Å². The normalized spacial score (nSPS) is 23.9. The summed E-state index contributed by atoms with van der Waals surface area (Å²) in [5.74, 6) is 2.07. The number of aliphatic hydroxyl groups excluding tert-OH is 1. The highest BCUT2D eigenvalue weighted by atomic mass is 16.3. The zero-order chi connectivity index (χ0) is 32.8. The van der Waals surface area contributed by atoms with Crippen LogP contribution in [0.3, 0.4) is 0 Å². The molecule has 6 rings (SSSR count). The zero-order valence-corrected chi connectivity index (χ0v) is 27.3. The van der Waals surface area contributed by atoms with Gasteiger partial charge in [-0.2, -0.15) is 0 Å². The van der Waals surface area contributed by atoms with Gasteiger partial charge in [-0.05, 0) is 55.0 Å². The maximum atomic E-state index is 14.7. The fourth-order valence-corrected chi connectivity index (χ4v) is 8.08. The van der Waals surface area contributed by atoms with E-state index in [0.717, 1.165) is 49.2 Å². The molecule has 2 N–H and O–H groups in total. The van der Waals surface area contributed by atoms with E-state index in [2.05, 4.69) is 59.5 Å². The highest BCUT2D eigenvalue weighted by molar-refractivity contribution is 5.88. The molecule has 47 heavy (non-hydrogen) atoms. The summed E-state index contributed by atoms with van der Waals surface area (Å²) in [6.45, 7) is 6.34. The summed E-state index contributed by atoms with van der Waals surface area (Å²) in [5.41, 5.74) is 2.60. The van der Waals surface area contributed by atoms with Crippen LogP contribution in [-0.4, -0.2) is 95.1 Å². The summed E-state index contributed by atoms with van der Waals surface area (Å²) in [4.78, 5) is 46.7. The van der Waals surface area contributed by atoms with E-state index < -0.39 is 23.7 Å². The number of hydrogen-bond donors (Lipinski definition) is 2. The minimum absolute atomic E-state index is 0.118. The van der Waals surface area contributed by atoms with Gasteiger partial charge in [0.2, 0.25) is 11.8 Å². The molecule has 2 amide bonds. The first-order valence-corrected chi connectivity index (χ1v) is 17.1. The molecule has 3 aromatic carbocycles. The summed E-state index contributed by atoms with van der Waals surface area (Å²) >= 11 is 0. The molecule has 3 saturated heterocycles. The SMILES string of the molecule is CCN1CCC[C@@H](CNC(=O)C2C(=C=O)CCN2[C@@H]2C[C@@H](O)CN2C(=O)CC(c2ccccc2)(c2ccccc2)c2ccccc2)C1. The standard InChI is InChI=1S/C39H46N4O4/c1-2-41-21-12-13-29(26-41)25-40-38(47)37-30(28-44)20-22-42(37)35-23-34(45)27-43(35)36(46)24-39(31-14-6-3-7-15-31,32-16-8-4-9-17-32)33-18-10-5-11-19-33/h3-11,14-19,29,34-35,37,45H,2,12-13,20-27H2,1H3,(H,40,47)/t29-,34+,35-,37?/m0/s1.